The summed E-state index contributed by atoms with van der Waals surface area (Å²) in [6.07, 6.45) is 0. The van der Waals surface area contributed by atoms with Gasteiger partial charge in [0.2, 0.25) is 5.69 Å². The van der Waals surface area contributed by atoms with Gasteiger partial charge in [0.05, 0.1) is 12.2 Å². The number of hydrogen-bond donors (Lipinski definition) is 0. The summed E-state index contributed by atoms with van der Waals surface area (Å²) >= 11 is 0. The molecule has 0 saturated carbocycles. The van der Waals surface area contributed by atoms with Gasteiger partial charge in [-0.3, -0.25) is 14.2 Å². The molecule has 4 rings (SSSR count). The number of likely N-dealkylation sites (N-methyl/N-ethyl adjacent to an activating group) is 1. The van der Waals surface area contributed by atoms with Crippen LogP contribution in [0, 0.1) is 19.7 Å². The summed E-state index contributed by atoms with van der Waals surface area (Å²) in [5.74, 6) is -0.989. The van der Waals surface area contributed by atoms with E-state index in [1.807, 2.05) is 27.0 Å². The van der Waals surface area contributed by atoms with E-state index in [0.717, 1.165) is 20.4 Å². The quantitative estimate of drug-likeness (QED) is 0.602. The van der Waals surface area contributed by atoms with Crippen LogP contribution in [0.2, 0.25) is 0 Å². The fourth-order valence-corrected chi connectivity index (χ4v) is 4.01. The summed E-state index contributed by atoms with van der Waals surface area (Å²) in [4.78, 5) is 43.6. The number of hydrogen-bond acceptors (Lipinski definition) is 5. The lowest BCUT2D eigenvalue weighted by Gasteiger charge is -2.32. The van der Waals surface area contributed by atoms with E-state index in [1.165, 1.54) is 18.2 Å². The molecule has 0 N–H and O–H groups in total. The van der Waals surface area contributed by atoms with Crippen molar-refractivity contribution in [1.82, 2.24) is 24.1 Å². The van der Waals surface area contributed by atoms with Crippen LogP contribution in [0.1, 0.15) is 27.2 Å². The SMILES string of the molecule is Cc1cc(C)cc(-n2nc(C(=O)N3CCN(C)CC3)c(=O)n(Cc3cccc(F)c3)c2=O)c1. The summed E-state index contributed by atoms with van der Waals surface area (Å²) in [7, 11) is 1.96. The normalized spacial score (nSPS) is 14.5. The molecule has 0 radical (unpaired) electrons. The summed E-state index contributed by atoms with van der Waals surface area (Å²) in [6, 6.07) is 11.2. The minimum Gasteiger partial charge on any atom is -0.335 e. The van der Waals surface area contributed by atoms with Crippen molar-refractivity contribution in [1.29, 1.82) is 0 Å². The fourth-order valence-electron chi connectivity index (χ4n) is 4.01. The Balaban J connectivity index is 1.87. The molecule has 0 spiro atoms. The van der Waals surface area contributed by atoms with Gasteiger partial charge in [0.15, 0.2) is 0 Å². The molecule has 1 aliphatic rings. The molecule has 9 heteroatoms. The van der Waals surface area contributed by atoms with Crippen molar-refractivity contribution >= 4 is 5.91 Å². The maximum atomic E-state index is 13.7. The molecule has 1 saturated heterocycles. The van der Waals surface area contributed by atoms with Crippen LogP contribution < -0.4 is 11.2 Å². The zero-order valence-electron chi connectivity index (χ0n) is 18.9. The van der Waals surface area contributed by atoms with Gasteiger partial charge in [-0.25, -0.2) is 9.18 Å². The lowest BCUT2D eigenvalue weighted by Crippen LogP contribution is -2.51. The van der Waals surface area contributed by atoms with Crippen molar-refractivity contribution < 1.29 is 9.18 Å². The second-order valence-electron chi connectivity index (χ2n) is 8.51. The molecule has 0 atom stereocenters. The molecule has 2 aromatic carbocycles. The van der Waals surface area contributed by atoms with Crippen molar-refractivity contribution in [3.05, 3.63) is 91.5 Å². The predicted molar refractivity (Wildman–Crippen MR) is 122 cm³/mol. The highest BCUT2D eigenvalue weighted by molar-refractivity contribution is 5.92. The maximum Gasteiger partial charge on any atom is 0.352 e. The molecule has 33 heavy (non-hydrogen) atoms. The van der Waals surface area contributed by atoms with Gasteiger partial charge in [-0.1, -0.05) is 18.2 Å². The molecule has 0 aliphatic carbocycles. The average molecular weight is 452 g/mol. The van der Waals surface area contributed by atoms with E-state index in [2.05, 4.69) is 10.00 Å². The second-order valence-corrected chi connectivity index (χ2v) is 8.51. The lowest BCUT2D eigenvalue weighted by molar-refractivity contribution is 0.0652. The highest BCUT2D eigenvalue weighted by Crippen LogP contribution is 2.12. The Morgan fingerprint density at radius 1 is 1.00 bits per heavy atom. The van der Waals surface area contributed by atoms with Crippen molar-refractivity contribution in [2.24, 2.45) is 0 Å². The van der Waals surface area contributed by atoms with Crippen LogP contribution in [0.3, 0.4) is 0 Å². The molecule has 8 nitrogen and oxygen atoms in total. The monoisotopic (exact) mass is 451 g/mol. The number of carbonyl (C=O) groups is 1. The molecule has 1 aliphatic heterocycles. The summed E-state index contributed by atoms with van der Waals surface area (Å²) < 4.78 is 15.8. The molecule has 172 valence electrons. The standard InChI is InChI=1S/C24H26FN5O3/c1-16-11-17(2)13-20(12-16)30-24(33)29(15-18-5-4-6-19(25)14-18)23(32)21(26-30)22(31)28-9-7-27(3)8-10-28/h4-6,11-14H,7-10,15H2,1-3H3. The van der Waals surface area contributed by atoms with Gasteiger partial charge < -0.3 is 9.80 Å². The highest BCUT2D eigenvalue weighted by Gasteiger charge is 2.27. The van der Waals surface area contributed by atoms with Crippen LogP contribution >= 0.6 is 0 Å². The second kappa shape index (κ2) is 9.11. The van der Waals surface area contributed by atoms with E-state index in [1.54, 1.807) is 23.1 Å². The van der Waals surface area contributed by atoms with Gasteiger partial charge in [-0.15, -0.1) is 0 Å². The first-order valence-corrected chi connectivity index (χ1v) is 10.8. The molecule has 2 heterocycles. The first-order valence-electron chi connectivity index (χ1n) is 10.8. The number of piperazine rings is 1. The van der Waals surface area contributed by atoms with Gasteiger partial charge >= 0.3 is 5.69 Å². The number of nitrogens with zero attached hydrogens (tertiary/aromatic N) is 5. The molecular weight excluding hydrogens is 425 g/mol. The van der Waals surface area contributed by atoms with E-state index in [0.29, 0.717) is 37.4 Å². The summed E-state index contributed by atoms with van der Waals surface area (Å²) in [6.45, 7) is 5.89. The van der Waals surface area contributed by atoms with Crippen LogP contribution in [-0.2, 0) is 6.54 Å². The van der Waals surface area contributed by atoms with E-state index in [-0.39, 0.29) is 12.2 Å². The van der Waals surface area contributed by atoms with Crippen LogP contribution in [-0.4, -0.2) is 63.3 Å². The van der Waals surface area contributed by atoms with E-state index in [9.17, 15) is 18.8 Å². The lowest BCUT2D eigenvalue weighted by atomic mass is 10.1. The third-order valence-corrected chi connectivity index (χ3v) is 5.73. The first kappa shape index (κ1) is 22.6. The number of aryl methyl sites for hydroxylation is 2. The number of halogens is 1. The average Bonchev–Trinajstić information content (AvgIpc) is 2.76. The number of benzene rings is 2. The van der Waals surface area contributed by atoms with Crippen molar-refractivity contribution in [3.63, 3.8) is 0 Å². The number of carbonyl (C=O) groups excluding carboxylic acids is 1. The Morgan fingerprint density at radius 2 is 1.67 bits per heavy atom. The highest BCUT2D eigenvalue weighted by atomic mass is 19.1. The number of aromatic nitrogens is 3. The Bertz CT molecular complexity index is 1300. The van der Waals surface area contributed by atoms with Crippen LogP contribution in [0.15, 0.2) is 52.1 Å². The topological polar surface area (TPSA) is 80.4 Å². The Labute approximate surface area is 190 Å². The van der Waals surface area contributed by atoms with Crippen LogP contribution in [0.4, 0.5) is 4.39 Å². The van der Waals surface area contributed by atoms with Crippen LogP contribution in [0.5, 0.6) is 0 Å². The van der Waals surface area contributed by atoms with Crippen molar-refractivity contribution in [3.8, 4) is 5.69 Å². The maximum absolute atomic E-state index is 13.7. The smallest absolute Gasteiger partial charge is 0.335 e. The van der Waals surface area contributed by atoms with E-state index >= 15 is 0 Å². The zero-order valence-corrected chi connectivity index (χ0v) is 18.9. The number of rotatable bonds is 4. The molecule has 0 bridgehead atoms. The predicted octanol–water partition coefficient (Wildman–Crippen LogP) is 1.59. The van der Waals surface area contributed by atoms with Gasteiger partial charge in [0.1, 0.15) is 5.82 Å². The Morgan fingerprint density at radius 3 is 2.30 bits per heavy atom. The van der Waals surface area contributed by atoms with E-state index < -0.39 is 23.0 Å². The zero-order chi connectivity index (χ0) is 23.7. The number of amides is 1. The van der Waals surface area contributed by atoms with Gasteiger partial charge in [-0.05, 0) is 61.9 Å². The Hall–Kier alpha value is -3.59. The van der Waals surface area contributed by atoms with E-state index in [4.69, 9.17) is 0 Å². The molecule has 0 unspecified atom stereocenters. The Kier molecular flexibility index (Phi) is 6.24. The van der Waals surface area contributed by atoms with Crippen molar-refractivity contribution in [2.75, 3.05) is 33.2 Å². The molecular formula is C24H26FN5O3. The largest absolute Gasteiger partial charge is 0.352 e. The summed E-state index contributed by atoms with van der Waals surface area (Å²) in [5.41, 5.74) is 0.915. The van der Waals surface area contributed by atoms with Gasteiger partial charge in [-0.2, -0.15) is 9.78 Å². The molecule has 1 amide bonds. The minimum absolute atomic E-state index is 0.175. The molecule has 3 aromatic rings. The minimum atomic E-state index is -0.784. The van der Waals surface area contributed by atoms with Gasteiger partial charge in [0, 0.05) is 26.2 Å². The van der Waals surface area contributed by atoms with Crippen LogP contribution in [0.25, 0.3) is 5.69 Å². The van der Waals surface area contributed by atoms with Gasteiger partial charge in [0.25, 0.3) is 11.5 Å². The third-order valence-electron chi connectivity index (χ3n) is 5.73. The molecule has 1 aromatic heterocycles. The molecule has 1 fully saturated rings. The fraction of sp³-hybridized carbons (Fsp3) is 0.333. The van der Waals surface area contributed by atoms with Crippen molar-refractivity contribution in [2.45, 2.75) is 20.4 Å². The summed E-state index contributed by atoms with van der Waals surface area (Å²) in [5, 5.41) is 4.23. The first-order chi connectivity index (χ1) is 15.7. The third kappa shape index (κ3) is 4.78.